The first-order chi connectivity index (χ1) is 8.56. The standard InChI is InChI=1S/C15H21I2N/c1-5-17-9-8-13-12(4)10-18-14(15(13)16)7-6-11(2)3/h5,7,10-13,15H,6H2,1-4H3/b14-7+/t12?,13?,15-/m1/s1. The fraction of sp³-hybridized carbons (Fsp3) is 0.600. The molecule has 3 heteroatoms. The Hall–Kier alpha value is 0.300. The van der Waals surface area contributed by atoms with Gasteiger partial charge in [-0.05, 0) is 47.9 Å². The first-order valence-corrected chi connectivity index (χ1v) is 9.92. The van der Waals surface area contributed by atoms with Crippen LogP contribution < -0.4 is 0 Å². The number of nitrogens with zero attached hydrogens (tertiary/aromatic N) is 1. The topological polar surface area (TPSA) is 12.4 Å². The Kier molecular flexibility index (Phi) is 7.69. The number of rotatable bonds is 2. The molecule has 0 N–H and O–H groups in total. The molecule has 1 aliphatic heterocycles. The Balaban J connectivity index is 2.86. The van der Waals surface area contributed by atoms with Crippen molar-refractivity contribution in [3.63, 3.8) is 0 Å². The third kappa shape index (κ3) is 5.12. The lowest BCUT2D eigenvalue weighted by Crippen LogP contribution is -2.27. The molecule has 1 rings (SSSR count). The summed E-state index contributed by atoms with van der Waals surface area (Å²) in [5.41, 5.74) is 1.22. The molecule has 1 aliphatic rings. The van der Waals surface area contributed by atoms with Gasteiger partial charge in [0.25, 0.3) is 0 Å². The SMILES string of the molecule is CC=IC#CC1C(C)C=N/C(=C/CC(C)C)[C@@H]1I. The average Bonchev–Trinajstić information content (AvgIpc) is 2.32. The van der Waals surface area contributed by atoms with E-state index < -0.39 is 0 Å². The number of allylic oxidation sites excluding steroid dienone is 2. The van der Waals surface area contributed by atoms with Crippen LogP contribution >= 0.6 is 43.3 Å². The van der Waals surface area contributed by atoms with Gasteiger partial charge in [0.1, 0.15) is 0 Å². The molecule has 0 saturated heterocycles. The van der Waals surface area contributed by atoms with Gasteiger partial charge in [0.2, 0.25) is 0 Å². The van der Waals surface area contributed by atoms with Gasteiger partial charge in [-0.25, -0.2) is 0 Å². The van der Waals surface area contributed by atoms with Gasteiger partial charge in [-0.2, -0.15) is 0 Å². The molecule has 0 aromatic carbocycles. The van der Waals surface area contributed by atoms with Crippen LogP contribution in [0.3, 0.4) is 0 Å². The highest BCUT2D eigenvalue weighted by Gasteiger charge is 2.28. The zero-order chi connectivity index (χ0) is 13.5. The number of alkyl halides is 1. The maximum Gasteiger partial charge on any atom is 0.0672 e. The second kappa shape index (κ2) is 8.47. The van der Waals surface area contributed by atoms with Crippen molar-refractivity contribution in [2.45, 2.75) is 38.0 Å². The Morgan fingerprint density at radius 3 is 2.89 bits per heavy atom. The highest BCUT2D eigenvalue weighted by atomic mass is 127. The molecule has 0 aromatic heterocycles. The van der Waals surface area contributed by atoms with Gasteiger partial charge < -0.3 is 0 Å². The summed E-state index contributed by atoms with van der Waals surface area (Å²) < 4.78 is 6.01. The quantitative estimate of drug-likeness (QED) is 0.313. The minimum atomic E-state index is -0.0247. The first-order valence-electron chi connectivity index (χ1n) is 6.35. The van der Waals surface area contributed by atoms with Gasteiger partial charge in [0, 0.05) is 18.1 Å². The second-order valence-electron chi connectivity index (χ2n) is 4.89. The third-order valence-electron chi connectivity index (χ3n) is 2.81. The molecule has 0 fully saturated rings. The second-order valence-corrected chi connectivity index (χ2v) is 8.64. The van der Waals surface area contributed by atoms with E-state index in [4.69, 9.17) is 0 Å². The fourth-order valence-electron chi connectivity index (χ4n) is 1.69. The van der Waals surface area contributed by atoms with E-state index in [1.165, 1.54) is 5.70 Å². The van der Waals surface area contributed by atoms with Crippen LogP contribution in [0.1, 0.15) is 34.1 Å². The van der Waals surface area contributed by atoms with Crippen LogP contribution in [0.15, 0.2) is 16.8 Å². The van der Waals surface area contributed by atoms with Crippen LogP contribution in [-0.2, 0) is 0 Å². The van der Waals surface area contributed by atoms with Gasteiger partial charge in [-0.1, -0.05) is 55.4 Å². The molecule has 0 saturated carbocycles. The molecule has 3 atom stereocenters. The summed E-state index contributed by atoms with van der Waals surface area (Å²) >= 11 is 2.49. The zero-order valence-electron chi connectivity index (χ0n) is 11.5. The molecule has 100 valence electrons. The van der Waals surface area contributed by atoms with Crippen LogP contribution in [0.4, 0.5) is 0 Å². The lowest BCUT2D eigenvalue weighted by Gasteiger charge is -2.26. The number of hydrogen-bond donors (Lipinski definition) is 0. The molecule has 0 bridgehead atoms. The molecule has 0 spiro atoms. The van der Waals surface area contributed by atoms with E-state index in [1.807, 2.05) is 0 Å². The third-order valence-corrected chi connectivity index (χ3v) is 5.46. The molecule has 0 aliphatic carbocycles. The van der Waals surface area contributed by atoms with Crippen LogP contribution in [0.5, 0.6) is 0 Å². The summed E-state index contributed by atoms with van der Waals surface area (Å²) in [6, 6.07) is 0. The largest absolute Gasteiger partial charge is 0.265 e. The fourth-order valence-corrected chi connectivity index (χ4v) is 3.79. The highest BCUT2D eigenvalue weighted by Crippen LogP contribution is 2.32. The summed E-state index contributed by atoms with van der Waals surface area (Å²) in [5, 5.41) is 0. The van der Waals surface area contributed by atoms with E-state index >= 15 is 0 Å². The molecule has 0 radical (unpaired) electrons. The van der Waals surface area contributed by atoms with Crippen molar-refractivity contribution < 1.29 is 0 Å². The Labute approximate surface area is 135 Å². The molecule has 1 nitrogen and oxygen atoms in total. The Bertz CT molecular complexity index is 410. The van der Waals surface area contributed by atoms with Crippen LogP contribution in [0, 0.1) is 27.6 Å². The summed E-state index contributed by atoms with van der Waals surface area (Å²) in [7, 11) is 0. The van der Waals surface area contributed by atoms with Gasteiger partial charge in [0.15, 0.2) is 0 Å². The van der Waals surface area contributed by atoms with E-state index in [1.54, 1.807) is 0 Å². The van der Waals surface area contributed by atoms with E-state index in [2.05, 4.69) is 81.4 Å². The summed E-state index contributed by atoms with van der Waals surface area (Å²) in [5.74, 6) is 5.06. The minimum absolute atomic E-state index is 0.0247. The van der Waals surface area contributed by atoms with E-state index in [-0.39, 0.29) is 20.7 Å². The lowest BCUT2D eigenvalue weighted by atomic mass is 9.88. The maximum atomic E-state index is 4.60. The number of hydrogen-bond acceptors (Lipinski definition) is 1. The van der Waals surface area contributed by atoms with Crippen LogP contribution in [-0.4, -0.2) is 14.2 Å². The van der Waals surface area contributed by atoms with Crippen molar-refractivity contribution in [1.29, 1.82) is 0 Å². The molecular formula is C15H21I2N. The molecule has 2 unspecified atom stereocenters. The van der Waals surface area contributed by atoms with Crippen molar-refractivity contribution in [2.75, 3.05) is 0 Å². The minimum Gasteiger partial charge on any atom is -0.265 e. The summed E-state index contributed by atoms with van der Waals surface area (Å²) in [6.45, 7) is 8.81. The van der Waals surface area contributed by atoms with Crippen molar-refractivity contribution in [1.82, 2.24) is 0 Å². The molecule has 1 heterocycles. The Morgan fingerprint density at radius 1 is 1.56 bits per heavy atom. The van der Waals surface area contributed by atoms with Crippen molar-refractivity contribution in [2.24, 2.45) is 22.7 Å². The van der Waals surface area contributed by atoms with Gasteiger partial charge in [0.05, 0.1) is 9.62 Å². The van der Waals surface area contributed by atoms with Gasteiger partial charge in [-0.15, -0.1) is 0 Å². The number of halogens is 2. The smallest absolute Gasteiger partial charge is 0.0672 e. The van der Waals surface area contributed by atoms with Crippen molar-refractivity contribution in [3.8, 4) is 9.85 Å². The zero-order valence-corrected chi connectivity index (χ0v) is 15.8. The van der Waals surface area contributed by atoms with E-state index in [0.29, 0.717) is 21.7 Å². The van der Waals surface area contributed by atoms with E-state index in [0.717, 1.165) is 6.42 Å². The molecular weight excluding hydrogens is 448 g/mol. The van der Waals surface area contributed by atoms with Gasteiger partial charge >= 0.3 is 0 Å². The van der Waals surface area contributed by atoms with Gasteiger partial charge in [-0.3, -0.25) is 4.99 Å². The van der Waals surface area contributed by atoms with Crippen molar-refractivity contribution >= 4 is 53.5 Å². The Morgan fingerprint density at radius 2 is 2.28 bits per heavy atom. The average molecular weight is 469 g/mol. The normalized spacial score (nSPS) is 30.3. The molecule has 0 amide bonds. The highest BCUT2D eigenvalue weighted by molar-refractivity contribution is 14.2. The summed E-state index contributed by atoms with van der Waals surface area (Å²) in [4.78, 5) is 4.60. The predicted octanol–water partition coefficient (Wildman–Crippen LogP) is 4.81. The van der Waals surface area contributed by atoms with Crippen LogP contribution in [0.2, 0.25) is 0 Å². The molecule has 18 heavy (non-hydrogen) atoms. The first kappa shape index (κ1) is 16.4. The maximum absolute atomic E-state index is 4.60. The number of aliphatic imine (C=N–C) groups is 1. The monoisotopic (exact) mass is 469 g/mol. The lowest BCUT2D eigenvalue weighted by molar-refractivity contribution is 0.560. The molecule has 0 aromatic rings. The summed E-state index contributed by atoms with van der Waals surface area (Å²) in [6.07, 6.45) is 5.48. The predicted molar refractivity (Wildman–Crippen MR) is 100 cm³/mol. The van der Waals surface area contributed by atoms with Crippen molar-refractivity contribution in [3.05, 3.63) is 11.8 Å². The van der Waals surface area contributed by atoms with E-state index in [9.17, 15) is 0 Å². The van der Waals surface area contributed by atoms with Crippen LogP contribution in [0.25, 0.3) is 0 Å².